The van der Waals surface area contributed by atoms with Gasteiger partial charge in [-0.25, -0.2) is 4.39 Å². The lowest BCUT2D eigenvalue weighted by Gasteiger charge is -2.32. The third-order valence-electron chi connectivity index (χ3n) is 8.55. The largest absolute Gasteiger partial charge is 0.347 e. The molecule has 2 fully saturated rings. The molecule has 0 aliphatic carbocycles. The maximum atomic E-state index is 14.5. The van der Waals surface area contributed by atoms with Gasteiger partial charge in [0.25, 0.3) is 5.91 Å². The predicted molar refractivity (Wildman–Crippen MR) is 184 cm³/mol. The number of carbonyl (C=O) groups is 6. The second-order valence-electron chi connectivity index (χ2n) is 12.6. The molecular formula is C34H42ClFN6O6S. The molecule has 0 aromatic heterocycles. The first-order valence-electron chi connectivity index (χ1n) is 16.1. The molecule has 6 amide bonds. The summed E-state index contributed by atoms with van der Waals surface area (Å²) in [5.74, 6) is -4.34. The number of thioether (sulfide) groups is 1. The second-order valence-corrected chi connectivity index (χ2v) is 14.0. The van der Waals surface area contributed by atoms with Crippen molar-refractivity contribution in [2.45, 2.75) is 76.3 Å². The predicted octanol–water partition coefficient (Wildman–Crippen LogP) is 2.32. The Hall–Kier alpha value is -4.17. The van der Waals surface area contributed by atoms with E-state index in [0.717, 1.165) is 6.07 Å². The molecule has 12 nitrogen and oxygen atoms in total. The van der Waals surface area contributed by atoms with E-state index in [0.29, 0.717) is 11.3 Å². The zero-order valence-corrected chi connectivity index (χ0v) is 29.3. The third-order valence-corrected chi connectivity index (χ3v) is 9.43. The number of halogens is 2. The van der Waals surface area contributed by atoms with Crippen molar-refractivity contribution in [1.29, 1.82) is 0 Å². The molecule has 5 N–H and O–H groups in total. The molecule has 15 heteroatoms. The second kappa shape index (κ2) is 17.0. The van der Waals surface area contributed by atoms with Gasteiger partial charge in [-0.3, -0.25) is 28.8 Å². The maximum Gasteiger partial charge on any atom is 0.254 e. The van der Waals surface area contributed by atoms with E-state index in [1.807, 2.05) is 6.26 Å². The lowest BCUT2D eigenvalue weighted by Crippen LogP contribution is -2.59. The molecule has 0 radical (unpaired) electrons. The van der Waals surface area contributed by atoms with E-state index >= 15 is 0 Å². The highest BCUT2D eigenvalue weighted by Crippen LogP contribution is 2.24. The molecule has 0 saturated carbocycles. The fraction of sp³-hybridized carbons (Fsp3) is 0.471. The third kappa shape index (κ3) is 9.72. The summed E-state index contributed by atoms with van der Waals surface area (Å²) >= 11 is 7.47. The first kappa shape index (κ1) is 37.6. The van der Waals surface area contributed by atoms with Gasteiger partial charge >= 0.3 is 0 Å². The van der Waals surface area contributed by atoms with Crippen LogP contribution in [0.2, 0.25) is 5.02 Å². The summed E-state index contributed by atoms with van der Waals surface area (Å²) < 4.78 is 14.5. The van der Waals surface area contributed by atoms with Crippen molar-refractivity contribution in [3.8, 4) is 0 Å². The fourth-order valence-corrected chi connectivity index (χ4v) is 6.51. The van der Waals surface area contributed by atoms with Crippen molar-refractivity contribution in [2.75, 3.05) is 18.6 Å². The van der Waals surface area contributed by atoms with Crippen molar-refractivity contribution in [2.24, 2.45) is 5.92 Å². The first-order chi connectivity index (χ1) is 23.3. The highest BCUT2D eigenvalue weighted by Gasteiger charge is 2.44. The van der Waals surface area contributed by atoms with E-state index in [9.17, 15) is 33.2 Å². The Kier molecular flexibility index (Phi) is 13.0. The molecule has 4 rings (SSSR count). The lowest BCUT2D eigenvalue weighted by atomic mass is 10.0. The standard InChI is InChI=1S/C34H42ClFN6O6S/c1-18(2)29-34(48)42-17-22(38-31(45)23-14-21(35)10-11-24(23)36)15-27(42)33(47)37-19(3)30(44)40-26(20-8-6-5-7-9-20)16-28(43)39-25(12-13-49-4)32(46)41-29/h5-11,14,18-19,22,25-27,29H,12-13,15-17H2,1-4H3,(H,37,47)(H,38,45)(H,39,43)(H,40,44)(H,41,46)/t19-,22-,25-,26-,27-,29-/m0/s1. The minimum atomic E-state index is -1.14. The normalized spacial score (nSPS) is 25.6. The number of carbonyl (C=O) groups excluding carboxylic acids is 6. The SMILES string of the molecule is CSCC[C@@H]1NC(=O)C[C@@H](c2ccccc2)NC(=O)[C@H](C)NC(=O)[C@@H]2C[C@H](NC(=O)c3cc(Cl)ccc3F)CN2C(=O)[C@H](C(C)C)NC1=O. The summed E-state index contributed by atoms with van der Waals surface area (Å²) in [6.07, 6.45) is 1.92. The number of nitrogens with one attached hydrogen (secondary N) is 5. The molecule has 2 heterocycles. The van der Waals surface area contributed by atoms with E-state index in [4.69, 9.17) is 11.6 Å². The molecule has 49 heavy (non-hydrogen) atoms. The Morgan fingerprint density at radius 3 is 2.39 bits per heavy atom. The average molecular weight is 717 g/mol. The van der Waals surface area contributed by atoms with Crippen LogP contribution in [0.1, 0.15) is 62.0 Å². The van der Waals surface area contributed by atoms with Crippen LogP contribution < -0.4 is 26.6 Å². The van der Waals surface area contributed by atoms with Gasteiger partial charge in [-0.15, -0.1) is 0 Å². The monoisotopic (exact) mass is 716 g/mol. The Labute approximate surface area is 294 Å². The molecule has 0 unspecified atom stereocenters. The molecule has 2 saturated heterocycles. The van der Waals surface area contributed by atoms with Crippen LogP contribution >= 0.6 is 23.4 Å². The van der Waals surface area contributed by atoms with Crippen LogP contribution in [-0.2, 0) is 24.0 Å². The van der Waals surface area contributed by atoms with Crippen LogP contribution in [0.5, 0.6) is 0 Å². The summed E-state index contributed by atoms with van der Waals surface area (Å²) in [6, 6.07) is 6.57. The van der Waals surface area contributed by atoms with Gasteiger partial charge in [0.05, 0.1) is 18.0 Å². The van der Waals surface area contributed by atoms with E-state index < -0.39 is 83.4 Å². The molecule has 6 atom stereocenters. The first-order valence-corrected chi connectivity index (χ1v) is 17.9. The quantitative estimate of drug-likeness (QED) is 0.294. The molecular weight excluding hydrogens is 675 g/mol. The van der Waals surface area contributed by atoms with Crippen LogP contribution in [0.25, 0.3) is 0 Å². The van der Waals surface area contributed by atoms with Crippen molar-refractivity contribution in [1.82, 2.24) is 31.5 Å². The van der Waals surface area contributed by atoms with Gasteiger partial charge in [-0.1, -0.05) is 55.8 Å². The van der Waals surface area contributed by atoms with E-state index in [2.05, 4.69) is 26.6 Å². The minimum Gasteiger partial charge on any atom is -0.347 e. The number of benzene rings is 2. The van der Waals surface area contributed by atoms with Crippen LogP contribution in [-0.4, -0.2) is 89.1 Å². The Morgan fingerprint density at radius 1 is 1.00 bits per heavy atom. The Morgan fingerprint density at radius 2 is 1.71 bits per heavy atom. The smallest absolute Gasteiger partial charge is 0.254 e. The molecule has 2 aliphatic rings. The van der Waals surface area contributed by atoms with Crippen LogP contribution in [0.15, 0.2) is 48.5 Å². The molecule has 2 aliphatic heterocycles. The summed E-state index contributed by atoms with van der Waals surface area (Å²) in [4.78, 5) is 82.7. The van der Waals surface area contributed by atoms with Gasteiger partial charge in [0.1, 0.15) is 30.0 Å². The van der Waals surface area contributed by atoms with Gasteiger partial charge < -0.3 is 31.5 Å². The number of amides is 6. The van der Waals surface area contributed by atoms with Gasteiger partial charge in [0.15, 0.2) is 0 Å². The lowest BCUT2D eigenvalue weighted by molar-refractivity contribution is -0.143. The van der Waals surface area contributed by atoms with E-state index in [-0.39, 0.29) is 36.4 Å². The Balaban J connectivity index is 1.68. The van der Waals surface area contributed by atoms with Gasteiger partial charge in [0, 0.05) is 17.6 Å². The summed E-state index contributed by atoms with van der Waals surface area (Å²) in [5, 5.41) is 13.9. The summed E-state index contributed by atoms with van der Waals surface area (Å²) in [5.41, 5.74) is 0.352. The van der Waals surface area contributed by atoms with E-state index in [1.54, 1.807) is 44.2 Å². The van der Waals surface area contributed by atoms with Crippen molar-refractivity contribution < 1.29 is 33.2 Å². The molecule has 264 valence electrons. The average Bonchev–Trinajstić information content (AvgIpc) is 3.49. The van der Waals surface area contributed by atoms with E-state index in [1.165, 1.54) is 35.7 Å². The zero-order chi connectivity index (χ0) is 35.8. The van der Waals surface area contributed by atoms with Gasteiger partial charge in [-0.05, 0) is 61.5 Å². The summed E-state index contributed by atoms with van der Waals surface area (Å²) in [6.45, 7) is 4.82. The number of fused-ring (bicyclic) bond motifs is 1. The topological polar surface area (TPSA) is 166 Å². The van der Waals surface area contributed by atoms with Crippen LogP contribution in [0.3, 0.4) is 0 Å². The maximum absolute atomic E-state index is 14.5. The van der Waals surface area contributed by atoms with Crippen molar-refractivity contribution in [3.63, 3.8) is 0 Å². The van der Waals surface area contributed by atoms with Gasteiger partial charge in [-0.2, -0.15) is 11.8 Å². The minimum absolute atomic E-state index is 0.0440. The molecule has 0 spiro atoms. The fourth-order valence-electron chi connectivity index (χ4n) is 5.87. The Bertz CT molecular complexity index is 1560. The summed E-state index contributed by atoms with van der Waals surface area (Å²) in [7, 11) is 0. The highest BCUT2D eigenvalue weighted by molar-refractivity contribution is 7.98. The number of nitrogens with zero attached hydrogens (tertiary/aromatic N) is 1. The highest BCUT2D eigenvalue weighted by atomic mass is 35.5. The van der Waals surface area contributed by atoms with Gasteiger partial charge in [0.2, 0.25) is 29.5 Å². The van der Waals surface area contributed by atoms with Crippen LogP contribution in [0, 0.1) is 11.7 Å². The number of rotatable bonds is 7. The van der Waals surface area contributed by atoms with Crippen molar-refractivity contribution >= 4 is 58.8 Å². The molecule has 0 bridgehead atoms. The number of hydrogen-bond donors (Lipinski definition) is 5. The van der Waals surface area contributed by atoms with Crippen molar-refractivity contribution in [3.05, 3.63) is 70.5 Å². The molecule has 2 aromatic carbocycles. The zero-order valence-electron chi connectivity index (χ0n) is 27.8. The van der Waals surface area contributed by atoms with Crippen LogP contribution in [0.4, 0.5) is 4.39 Å². The molecule has 2 aromatic rings. The number of hydrogen-bond acceptors (Lipinski definition) is 7.